The molecule has 2 nitrogen and oxygen atoms in total. The standard InChI is InChI=1S/C15H19BrClNO/c1-14(2)9-4-5-15(14,3)12(6-9)19-11-7-13(17)18-8-10(11)16/h7-9,12H,4-6H2,1-3H3/t9-,12-,15-/m1/s1. The van der Waals surface area contributed by atoms with Crippen LogP contribution in [0.1, 0.15) is 40.0 Å². The summed E-state index contributed by atoms with van der Waals surface area (Å²) in [5, 5.41) is 0.478. The van der Waals surface area contributed by atoms with Gasteiger partial charge in [-0.05, 0) is 46.5 Å². The van der Waals surface area contributed by atoms with E-state index >= 15 is 0 Å². The van der Waals surface area contributed by atoms with Crippen LogP contribution >= 0.6 is 27.5 Å². The summed E-state index contributed by atoms with van der Waals surface area (Å²) in [5.74, 6) is 1.59. The van der Waals surface area contributed by atoms with Crippen LogP contribution in [0, 0.1) is 16.7 Å². The second-order valence-corrected chi connectivity index (χ2v) is 7.90. The lowest BCUT2D eigenvalue weighted by Crippen LogP contribution is -2.38. The summed E-state index contributed by atoms with van der Waals surface area (Å²) in [6, 6.07) is 1.80. The maximum Gasteiger partial charge on any atom is 0.138 e. The molecule has 2 saturated carbocycles. The summed E-state index contributed by atoms with van der Waals surface area (Å²) in [7, 11) is 0. The molecule has 19 heavy (non-hydrogen) atoms. The third kappa shape index (κ3) is 1.92. The third-order valence-electron chi connectivity index (χ3n) is 5.77. The van der Waals surface area contributed by atoms with Gasteiger partial charge in [0, 0.05) is 17.7 Å². The molecule has 0 aromatic carbocycles. The Hall–Kier alpha value is -0.280. The lowest BCUT2D eigenvalue weighted by molar-refractivity contribution is 0.0296. The Bertz CT molecular complexity index is 519. The topological polar surface area (TPSA) is 22.1 Å². The van der Waals surface area contributed by atoms with Gasteiger partial charge in [-0.15, -0.1) is 0 Å². The number of rotatable bonds is 2. The Balaban J connectivity index is 1.88. The molecule has 3 atom stereocenters. The second kappa shape index (κ2) is 4.36. The van der Waals surface area contributed by atoms with Crippen LogP contribution in [0.5, 0.6) is 5.75 Å². The van der Waals surface area contributed by atoms with Gasteiger partial charge in [0.1, 0.15) is 17.0 Å². The zero-order chi connectivity index (χ0) is 13.8. The molecule has 0 saturated heterocycles. The number of hydrogen-bond donors (Lipinski definition) is 0. The van der Waals surface area contributed by atoms with Crippen molar-refractivity contribution in [1.29, 1.82) is 0 Å². The first kappa shape index (κ1) is 13.7. The molecule has 104 valence electrons. The molecule has 0 radical (unpaired) electrons. The number of halogens is 2. The fraction of sp³-hybridized carbons (Fsp3) is 0.667. The Morgan fingerprint density at radius 3 is 2.74 bits per heavy atom. The fourth-order valence-corrected chi connectivity index (χ4v) is 4.41. The number of aromatic nitrogens is 1. The van der Waals surface area contributed by atoms with Gasteiger partial charge < -0.3 is 4.74 Å². The number of pyridine rings is 1. The van der Waals surface area contributed by atoms with Crippen LogP contribution in [-0.4, -0.2) is 11.1 Å². The average molecular weight is 345 g/mol. The van der Waals surface area contributed by atoms with Gasteiger partial charge in [-0.1, -0.05) is 32.4 Å². The van der Waals surface area contributed by atoms with Crippen LogP contribution in [0.4, 0.5) is 0 Å². The first-order valence-electron chi connectivity index (χ1n) is 6.82. The molecular formula is C15H19BrClNO. The molecular weight excluding hydrogens is 326 g/mol. The highest BCUT2D eigenvalue weighted by atomic mass is 79.9. The van der Waals surface area contributed by atoms with E-state index in [9.17, 15) is 0 Å². The molecule has 2 bridgehead atoms. The van der Waals surface area contributed by atoms with Crippen molar-refractivity contribution in [1.82, 2.24) is 4.98 Å². The molecule has 3 rings (SSSR count). The molecule has 2 aliphatic rings. The highest BCUT2D eigenvalue weighted by molar-refractivity contribution is 9.10. The van der Waals surface area contributed by atoms with Crippen molar-refractivity contribution in [3.63, 3.8) is 0 Å². The molecule has 2 aliphatic carbocycles. The van der Waals surface area contributed by atoms with Crippen LogP contribution in [0.15, 0.2) is 16.7 Å². The van der Waals surface area contributed by atoms with Crippen molar-refractivity contribution in [3.8, 4) is 5.75 Å². The maximum atomic E-state index is 6.29. The highest BCUT2D eigenvalue weighted by Gasteiger charge is 2.62. The van der Waals surface area contributed by atoms with Crippen molar-refractivity contribution in [2.45, 2.75) is 46.1 Å². The summed E-state index contributed by atoms with van der Waals surface area (Å²) in [6.45, 7) is 7.16. The summed E-state index contributed by atoms with van der Waals surface area (Å²) < 4.78 is 7.16. The van der Waals surface area contributed by atoms with Crippen LogP contribution < -0.4 is 4.74 Å². The normalized spacial score (nSPS) is 35.6. The molecule has 0 amide bonds. The van der Waals surface area contributed by atoms with Crippen molar-refractivity contribution in [2.75, 3.05) is 0 Å². The van der Waals surface area contributed by atoms with Gasteiger partial charge in [-0.3, -0.25) is 0 Å². The number of ether oxygens (including phenoxy) is 1. The SMILES string of the molecule is CC1(C)[C@@H]2CC[C@]1(C)[C@H](Oc1cc(Cl)ncc1Br)C2. The highest BCUT2D eigenvalue weighted by Crippen LogP contribution is 2.66. The number of fused-ring (bicyclic) bond motifs is 2. The lowest BCUT2D eigenvalue weighted by atomic mass is 9.70. The zero-order valence-electron chi connectivity index (χ0n) is 11.5. The lowest BCUT2D eigenvalue weighted by Gasteiger charge is -2.39. The van der Waals surface area contributed by atoms with E-state index in [2.05, 4.69) is 41.7 Å². The van der Waals surface area contributed by atoms with Gasteiger partial charge in [0.25, 0.3) is 0 Å². The van der Waals surface area contributed by atoms with Crippen molar-refractivity contribution < 1.29 is 4.74 Å². The van der Waals surface area contributed by atoms with E-state index < -0.39 is 0 Å². The molecule has 0 unspecified atom stereocenters. The fourth-order valence-electron chi connectivity index (χ4n) is 3.95. The molecule has 4 heteroatoms. The smallest absolute Gasteiger partial charge is 0.138 e. The van der Waals surface area contributed by atoms with E-state index in [-0.39, 0.29) is 11.5 Å². The molecule has 1 heterocycles. The number of nitrogens with zero attached hydrogens (tertiary/aromatic N) is 1. The monoisotopic (exact) mass is 343 g/mol. The van der Waals surface area contributed by atoms with E-state index in [4.69, 9.17) is 16.3 Å². The first-order valence-corrected chi connectivity index (χ1v) is 7.99. The van der Waals surface area contributed by atoms with Crippen LogP contribution in [0.2, 0.25) is 5.15 Å². The molecule has 1 aromatic rings. The molecule has 0 spiro atoms. The quantitative estimate of drug-likeness (QED) is 0.697. The molecule has 2 fully saturated rings. The van der Waals surface area contributed by atoms with E-state index in [0.717, 1.165) is 22.6 Å². The summed E-state index contributed by atoms with van der Waals surface area (Å²) in [5.41, 5.74) is 0.619. The number of hydrogen-bond acceptors (Lipinski definition) is 2. The van der Waals surface area contributed by atoms with E-state index in [0.29, 0.717) is 10.6 Å². The van der Waals surface area contributed by atoms with E-state index in [1.165, 1.54) is 12.8 Å². The molecule has 0 N–H and O–H groups in total. The van der Waals surface area contributed by atoms with Gasteiger partial charge in [-0.2, -0.15) is 0 Å². The van der Waals surface area contributed by atoms with Crippen LogP contribution in [0.3, 0.4) is 0 Å². The van der Waals surface area contributed by atoms with Gasteiger partial charge in [0.2, 0.25) is 0 Å². The van der Waals surface area contributed by atoms with Gasteiger partial charge in [0.05, 0.1) is 4.47 Å². The first-order chi connectivity index (χ1) is 8.84. The minimum atomic E-state index is 0.257. The van der Waals surface area contributed by atoms with E-state index in [1.807, 2.05) is 0 Å². The third-order valence-corrected chi connectivity index (χ3v) is 6.57. The maximum absolute atomic E-state index is 6.29. The van der Waals surface area contributed by atoms with Crippen molar-refractivity contribution >= 4 is 27.5 Å². The minimum Gasteiger partial charge on any atom is -0.488 e. The summed E-state index contributed by atoms with van der Waals surface area (Å²) >= 11 is 9.45. The Labute approximate surface area is 128 Å². The summed E-state index contributed by atoms with van der Waals surface area (Å²) in [6.07, 6.45) is 5.72. The van der Waals surface area contributed by atoms with Crippen molar-refractivity contribution in [2.24, 2.45) is 16.7 Å². The van der Waals surface area contributed by atoms with Gasteiger partial charge in [-0.25, -0.2) is 4.98 Å². The Kier molecular flexibility index (Phi) is 3.14. The minimum absolute atomic E-state index is 0.257. The van der Waals surface area contributed by atoms with Crippen molar-refractivity contribution in [3.05, 3.63) is 21.9 Å². The van der Waals surface area contributed by atoms with Gasteiger partial charge in [0.15, 0.2) is 0 Å². The molecule has 0 aliphatic heterocycles. The average Bonchev–Trinajstić information content (AvgIpc) is 2.67. The van der Waals surface area contributed by atoms with Crippen LogP contribution in [0.25, 0.3) is 0 Å². The second-order valence-electron chi connectivity index (χ2n) is 6.65. The predicted octanol–water partition coefficient (Wildman–Crippen LogP) is 5.09. The van der Waals surface area contributed by atoms with Crippen LogP contribution in [-0.2, 0) is 0 Å². The van der Waals surface area contributed by atoms with E-state index in [1.54, 1.807) is 12.3 Å². The largest absolute Gasteiger partial charge is 0.488 e. The van der Waals surface area contributed by atoms with Gasteiger partial charge >= 0.3 is 0 Å². The molecule has 1 aromatic heterocycles. The summed E-state index contributed by atoms with van der Waals surface area (Å²) in [4.78, 5) is 4.05. The Morgan fingerprint density at radius 2 is 2.16 bits per heavy atom. The predicted molar refractivity (Wildman–Crippen MR) is 80.6 cm³/mol. The Morgan fingerprint density at radius 1 is 1.42 bits per heavy atom. The zero-order valence-corrected chi connectivity index (χ0v) is 13.9.